The van der Waals surface area contributed by atoms with Gasteiger partial charge in [-0.15, -0.1) is 0 Å². The smallest absolute Gasteiger partial charge is 0.326 e. The van der Waals surface area contributed by atoms with Crippen LogP contribution in [-0.4, -0.2) is 65.3 Å². The fourth-order valence-corrected chi connectivity index (χ4v) is 3.20. The van der Waals surface area contributed by atoms with Gasteiger partial charge in [0.05, 0.1) is 6.04 Å². The first kappa shape index (κ1) is 30.1. The number of thiol groups is 1. The summed E-state index contributed by atoms with van der Waals surface area (Å²) in [7, 11) is 0. The van der Waals surface area contributed by atoms with Gasteiger partial charge < -0.3 is 32.5 Å². The molecule has 0 saturated heterocycles. The second-order valence-corrected chi connectivity index (χ2v) is 8.90. The molecule has 0 aliphatic heterocycles. The van der Waals surface area contributed by atoms with Crippen molar-refractivity contribution in [1.29, 1.82) is 0 Å². The first-order valence-electron chi connectivity index (χ1n) is 11.2. The molecule has 0 bridgehead atoms. The van der Waals surface area contributed by atoms with Gasteiger partial charge in [0.15, 0.2) is 0 Å². The van der Waals surface area contributed by atoms with Crippen LogP contribution in [-0.2, 0) is 19.2 Å². The number of carbonyl (C=O) groups is 4. The monoisotopic (exact) mass is 475 g/mol. The van der Waals surface area contributed by atoms with Gasteiger partial charge >= 0.3 is 5.97 Å². The number of carbonyl (C=O) groups excluding carboxylic acids is 3. The van der Waals surface area contributed by atoms with Crippen molar-refractivity contribution in [3.63, 3.8) is 0 Å². The van der Waals surface area contributed by atoms with E-state index >= 15 is 0 Å². The van der Waals surface area contributed by atoms with Gasteiger partial charge in [-0.2, -0.15) is 12.6 Å². The number of aliphatic carboxylic acids is 1. The van der Waals surface area contributed by atoms with Gasteiger partial charge in [0.25, 0.3) is 0 Å². The number of carboxylic acids is 1. The lowest BCUT2D eigenvalue weighted by Gasteiger charge is -2.28. The predicted octanol–water partition coefficient (Wildman–Crippen LogP) is 0.00370. The average molecular weight is 476 g/mol. The maximum absolute atomic E-state index is 13.0. The fourth-order valence-electron chi connectivity index (χ4n) is 3.03. The summed E-state index contributed by atoms with van der Waals surface area (Å²) in [5.41, 5.74) is 11.2. The molecule has 10 nitrogen and oxygen atoms in total. The van der Waals surface area contributed by atoms with Crippen molar-refractivity contribution in [2.24, 2.45) is 23.3 Å². The Kier molecular flexibility index (Phi) is 15.0. The second-order valence-electron chi connectivity index (χ2n) is 8.54. The molecule has 186 valence electrons. The van der Waals surface area contributed by atoms with Crippen molar-refractivity contribution in [3.05, 3.63) is 0 Å². The van der Waals surface area contributed by atoms with Gasteiger partial charge in [-0.05, 0) is 44.1 Å². The molecule has 32 heavy (non-hydrogen) atoms. The van der Waals surface area contributed by atoms with E-state index in [1.807, 2.05) is 20.8 Å². The number of nitrogens with two attached hydrogens (primary N) is 2. The average Bonchev–Trinajstić information content (AvgIpc) is 2.74. The Balaban J connectivity index is 5.45. The Labute approximate surface area is 196 Å². The second kappa shape index (κ2) is 15.9. The quantitative estimate of drug-likeness (QED) is 0.121. The highest BCUT2D eigenvalue weighted by Crippen LogP contribution is 2.12. The van der Waals surface area contributed by atoms with Crippen molar-refractivity contribution < 1.29 is 24.3 Å². The standard InChI is InChI=1S/C21H41N5O5S/c1-5-13(4)17(20(29)24-15(21(30)31)8-6-7-9-22)26-19(28)16(10-12(2)3)25-18(27)14(23)11-32/h12-17,32H,5-11,22-23H2,1-4H3,(H,24,29)(H,25,27)(H,26,28)(H,30,31). The third kappa shape index (κ3) is 11.1. The molecule has 8 N–H and O–H groups in total. The molecule has 0 fully saturated rings. The Bertz CT molecular complexity index is 619. The molecule has 11 heteroatoms. The number of amides is 3. The number of hydrogen-bond donors (Lipinski definition) is 7. The SMILES string of the molecule is CCC(C)C(NC(=O)C(CC(C)C)NC(=O)C(N)CS)C(=O)NC(CCCCN)C(=O)O. The molecule has 0 aromatic rings. The lowest BCUT2D eigenvalue weighted by molar-refractivity contribution is -0.143. The van der Waals surface area contributed by atoms with Gasteiger partial charge in [0.1, 0.15) is 18.1 Å². The minimum atomic E-state index is -1.14. The van der Waals surface area contributed by atoms with Gasteiger partial charge in [0, 0.05) is 5.75 Å². The van der Waals surface area contributed by atoms with Gasteiger partial charge in [-0.3, -0.25) is 14.4 Å². The highest BCUT2D eigenvalue weighted by Gasteiger charge is 2.32. The van der Waals surface area contributed by atoms with E-state index in [9.17, 15) is 24.3 Å². The van der Waals surface area contributed by atoms with Crippen LogP contribution in [0.4, 0.5) is 0 Å². The van der Waals surface area contributed by atoms with Crippen molar-refractivity contribution in [3.8, 4) is 0 Å². The van der Waals surface area contributed by atoms with E-state index in [1.54, 1.807) is 6.92 Å². The molecule has 0 aromatic heterocycles. The molecule has 3 amide bonds. The molecule has 0 rings (SSSR count). The van der Waals surface area contributed by atoms with Crippen molar-refractivity contribution >= 4 is 36.3 Å². The maximum Gasteiger partial charge on any atom is 0.326 e. The third-order valence-corrected chi connectivity index (χ3v) is 5.62. The summed E-state index contributed by atoms with van der Waals surface area (Å²) in [6.07, 6.45) is 2.38. The Hall–Kier alpha value is -1.85. The topological polar surface area (TPSA) is 177 Å². The molecule has 0 radical (unpaired) electrons. The molecule has 0 saturated carbocycles. The lowest BCUT2D eigenvalue weighted by atomic mass is 9.96. The van der Waals surface area contributed by atoms with Gasteiger partial charge in [0.2, 0.25) is 17.7 Å². The normalized spacial score (nSPS) is 15.9. The van der Waals surface area contributed by atoms with Gasteiger partial charge in [-0.1, -0.05) is 34.1 Å². The van der Waals surface area contributed by atoms with Crippen LogP contribution in [0.5, 0.6) is 0 Å². The highest BCUT2D eigenvalue weighted by molar-refractivity contribution is 7.80. The van der Waals surface area contributed by atoms with Crippen LogP contribution in [0.15, 0.2) is 0 Å². The zero-order valence-corrected chi connectivity index (χ0v) is 20.5. The maximum atomic E-state index is 13.0. The number of unbranched alkanes of at least 4 members (excludes halogenated alkanes) is 1. The molecular weight excluding hydrogens is 434 g/mol. The molecular formula is C21H41N5O5S. The van der Waals surface area contributed by atoms with Crippen LogP contribution in [0.2, 0.25) is 0 Å². The number of carboxylic acid groups (broad SMARTS) is 1. The largest absolute Gasteiger partial charge is 0.480 e. The first-order valence-corrected chi connectivity index (χ1v) is 11.8. The van der Waals surface area contributed by atoms with E-state index < -0.39 is 47.9 Å². The van der Waals surface area contributed by atoms with E-state index in [1.165, 1.54) is 0 Å². The Morgan fingerprint density at radius 2 is 1.53 bits per heavy atom. The fraction of sp³-hybridized carbons (Fsp3) is 0.810. The van der Waals surface area contributed by atoms with Gasteiger partial charge in [-0.25, -0.2) is 4.79 Å². The van der Waals surface area contributed by atoms with Crippen LogP contribution in [0.1, 0.15) is 59.8 Å². The van der Waals surface area contributed by atoms with E-state index in [2.05, 4.69) is 28.6 Å². The summed E-state index contributed by atoms with van der Waals surface area (Å²) in [6.45, 7) is 7.91. The van der Waals surface area contributed by atoms with Crippen LogP contribution in [0.25, 0.3) is 0 Å². The summed E-state index contributed by atoms with van der Waals surface area (Å²) < 4.78 is 0. The molecule has 0 aliphatic carbocycles. The minimum absolute atomic E-state index is 0.0908. The van der Waals surface area contributed by atoms with Crippen molar-refractivity contribution in [2.45, 2.75) is 84.0 Å². The lowest BCUT2D eigenvalue weighted by Crippen LogP contribution is -2.59. The van der Waals surface area contributed by atoms with E-state index in [-0.39, 0.29) is 24.0 Å². The minimum Gasteiger partial charge on any atom is -0.480 e. The van der Waals surface area contributed by atoms with Crippen LogP contribution in [0, 0.1) is 11.8 Å². The molecule has 0 heterocycles. The molecule has 0 spiro atoms. The van der Waals surface area contributed by atoms with Crippen LogP contribution in [0.3, 0.4) is 0 Å². The zero-order chi connectivity index (χ0) is 24.8. The van der Waals surface area contributed by atoms with E-state index in [0.717, 1.165) is 0 Å². The summed E-state index contributed by atoms with van der Waals surface area (Å²) in [4.78, 5) is 49.7. The molecule has 5 atom stereocenters. The number of hydrogen-bond acceptors (Lipinski definition) is 7. The molecule has 5 unspecified atom stereocenters. The molecule has 0 aromatic carbocycles. The van der Waals surface area contributed by atoms with Crippen LogP contribution < -0.4 is 27.4 Å². The summed E-state index contributed by atoms with van der Waals surface area (Å²) in [5.74, 6) is -2.78. The number of nitrogens with one attached hydrogen (secondary N) is 3. The third-order valence-electron chi connectivity index (χ3n) is 5.23. The Morgan fingerprint density at radius 1 is 0.938 bits per heavy atom. The van der Waals surface area contributed by atoms with E-state index in [4.69, 9.17) is 11.5 Å². The number of rotatable bonds is 16. The van der Waals surface area contributed by atoms with E-state index in [0.29, 0.717) is 32.2 Å². The zero-order valence-electron chi connectivity index (χ0n) is 19.6. The van der Waals surface area contributed by atoms with Crippen LogP contribution >= 0.6 is 12.6 Å². The first-order chi connectivity index (χ1) is 15.0. The highest BCUT2D eigenvalue weighted by atomic mass is 32.1. The summed E-state index contributed by atoms with van der Waals surface area (Å²) >= 11 is 4.01. The molecule has 0 aliphatic rings. The summed E-state index contributed by atoms with van der Waals surface area (Å²) in [6, 6.07) is -3.77. The van der Waals surface area contributed by atoms with Crippen molar-refractivity contribution in [1.82, 2.24) is 16.0 Å². The Morgan fingerprint density at radius 3 is 2.00 bits per heavy atom. The summed E-state index contributed by atoms with van der Waals surface area (Å²) in [5, 5.41) is 17.3. The van der Waals surface area contributed by atoms with Crippen molar-refractivity contribution in [2.75, 3.05) is 12.3 Å². The predicted molar refractivity (Wildman–Crippen MR) is 127 cm³/mol.